The summed E-state index contributed by atoms with van der Waals surface area (Å²) in [4.78, 5) is 17.2. The maximum absolute atomic E-state index is 13.5. The molecule has 0 aliphatic carbocycles. The van der Waals surface area contributed by atoms with Gasteiger partial charge < -0.3 is 10.2 Å². The monoisotopic (exact) mass is 414 g/mol. The zero-order valence-corrected chi connectivity index (χ0v) is 16.8. The molecule has 0 saturated heterocycles. The molecule has 1 aromatic heterocycles. The summed E-state index contributed by atoms with van der Waals surface area (Å²) in [6, 6.07) is 12.4. The van der Waals surface area contributed by atoms with Crippen molar-refractivity contribution < 1.29 is 23.8 Å². The second-order valence-corrected chi connectivity index (χ2v) is 7.57. The Morgan fingerprint density at radius 2 is 1.83 bits per heavy atom. The number of hydrogen-bond donors (Lipinski definition) is 2. The Morgan fingerprint density at radius 3 is 2.50 bits per heavy atom. The Balaban J connectivity index is 1.68. The Hall–Kier alpha value is -2.90. The molecule has 7 heteroatoms. The van der Waals surface area contributed by atoms with Crippen molar-refractivity contribution in [3.63, 3.8) is 0 Å². The Kier molecular flexibility index (Phi) is 6.74. The molecule has 0 aliphatic rings. The second kappa shape index (κ2) is 9.28. The van der Waals surface area contributed by atoms with Gasteiger partial charge in [-0.1, -0.05) is 18.2 Å². The molecule has 0 bridgehead atoms. The van der Waals surface area contributed by atoms with Crippen LogP contribution in [0.5, 0.6) is 0 Å². The van der Waals surface area contributed by atoms with E-state index >= 15 is 0 Å². The first-order valence-corrected chi connectivity index (χ1v) is 9.74. The van der Waals surface area contributed by atoms with Crippen LogP contribution >= 0.6 is 0 Å². The molecule has 0 amide bonds. The lowest BCUT2D eigenvalue weighted by atomic mass is 10.0. The number of rotatable bonds is 8. The number of halogens is 2. The minimum Gasteiger partial charge on any atom is -0.477 e. The molecule has 158 valence electrons. The number of pyridine rings is 1. The van der Waals surface area contributed by atoms with Crippen LogP contribution < -0.4 is 0 Å². The summed E-state index contributed by atoms with van der Waals surface area (Å²) in [6.45, 7) is 5.02. The number of hydrogen-bond acceptors (Lipinski definition) is 4. The van der Waals surface area contributed by atoms with Gasteiger partial charge in [0, 0.05) is 24.5 Å². The summed E-state index contributed by atoms with van der Waals surface area (Å²) in [5.74, 6) is -2.82. The lowest BCUT2D eigenvalue weighted by molar-refractivity contribution is 0.0691. The molecule has 0 spiro atoms. The third-order valence-electron chi connectivity index (χ3n) is 5.11. The number of nitrogens with zero attached hydrogens (tertiary/aromatic N) is 2. The van der Waals surface area contributed by atoms with Crippen LogP contribution in [0.2, 0.25) is 0 Å². The standard InChI is InChI=1S/C23H24F2N2O3/c1-14(2)27(13-15-3-6-18(24)19(25)11-15)10-9-22(28)17-5-7-20-16(12-17)4-8-21(26-20)23(29)30/h3-8,11-12,14,22,28H,9-10,13H2,1-2H3,(H,29,30). The van der Waals surface area contributed by atoms with Crippen molar-refractivity contribution in [2.75, 3.05) is 6.54 Å². The van der Waals surface area contributed by atoms with Gasteiger partial charge in [0.2, 0.25) is 0 Å². The van der Waals surface area contributed by atoms with Gasteiger partial charge in [-0.2, -0.15) is 0 Å². The van der Waals surface area contributed by atoms with Gasteiger partial charge in [0.25, 0.3) is 0 Å². The van der Waals surface area contributed by atoms with Gasteiger partial charge in [0.15, 0.2) is 11.6 Å². The van der Waals surface area contributed by atoms with Gasteiger partial charge in [-0.3, -0.25) is 4.90 Å². The normalized spacial score (nSPS) is 12.6. The SMILES string of the molecule is CC(C)N(CCC(O)c1ccc2nc(C(=O)O)ccc2c1)Cc1ccc(F)c(F)c1. The first kappa shape index (κ1) is 21.8. The van der Waals surface area contributed by atoms with Crippen molar-refractivity contribution in [3.05, 3.63) is 77.0 Å². The highest BCUT2D eigenvalue weighted by atomic mass is 19.2. The zero-order valence-electron chi connectivity index (χ0n) is 16.8. The third kappa shape index (κ3) is 5.17. The van der Waals surface area contributed by atoms with Gasteiger partial charge in [0.1, 0.15) is 5.69 Å². The van der Waals surface area contributed by atoms with Crippen molar-refractivity contribution >= 4 is 16.9 Å². The number of aliphatic hydroxyl groups is 1. The number of carboxylic acid groups (broad SMARTS) is 1. The molecule has 3 aromatic rings. The average Bonchev–Trinajstić information content (AvgIpc) is 2.72. The third-order valence-corrected chi connectivity index (χ3v) is 5.11. The highest BCUT2D eigenvalue weighted by Gasteiger charge is 2.16. The summed E-state index contributed by atoms with van der Waals surface area (Å²) in [6.07, 6.45) is -0.270. The molecule has 0 radical (unpaired) electrons. The molecule has 0 saturated carbocycles. The van der Waals surface area contributed by atoms with E-state index < -0.39 is 23.7 Å². The molecule has 1 atom stereocenters. The minimum absolute atomic E-state index is 0.0272. The topological polar surface area (TPSA) is 73.7 Å². The highest BCUT2D eigenvalue weighted by Crippen LogP contribution is 2.23. The van der Waals surface area contributed by atoms with Crippen molar-refractivity contribution in [1.29, 1.82) is 0 Å². The van der Waals surface area contributed by atoms with Gasteiger partial charge in [-0.25, -0.2) is 18.6 Å². The van der Waals surface area contributed by atoms with Gasteiger partial charge in [0.05, 0.1) is 11.6 Å². The number of benzene rings is 2. The van der Waals surface area contributed by atoms with E-state index in [1.807, 2.05) is 13.8 Å². The molecule has 1 heterocycles. The Labute approximate surface area is 173 Å². The van der Waals surface area contributed by atoms with Crippen LogP contribution in [0, 0.1) is 11.6 Å². The molecule has 30 heavy (non-hydrogen) atoms. The predicted molar refractivity (Wildman–Crippen MR) is 110 cm³/mol. The van der Waals surface area contributed by atoms with Crippen LogP contribution in [0.15, 0.2) is 48.5 Å². The first-order valence-electron chi connectivity index (χ1n) is 9.74. The van der Waals surface area contributed by atoms with Gasteiger partial charge >= 0.3 is 5.97 Å². The molecule has 0 fully saturated rings. The van der Waals surface area contributed by atoms with Crippen molar-refractivity contribution in [1.82, 2.24) is 9.88 Å². The fraction of sp³-hybridized carbons (Fsp3) is 0.304. The van der Waals surface area contributed by atoms with Crippen molar-refractivity contribution in [3.8, 4) is 0 Å². The smallest absolute Gasteiger partial charge is 0.354 e. The maximum atomic E-state index is 13.5. The van der Waals surface area contributed by atoms with E-state index in [1.54, 1.807) is 30.3 Å². The Bertz CT molecular complexity index is 1060. The zero-order chi connectivity index (χ0) is 21.8. The van der Waals surface area contributed by atoms with Crippen LogP contribution in [0.4, 0.5) is 8.78 Å². The average molecular weight is 414 g/mol. The van der Waals surface area contributed by atoms with E-state index in [9.17, 15) is 18.7 Å². The first-order chi connectivity index (χ1) is 14.2. The minimum atomic E-state index is -1.09. The highest BCUT2D eigenvalue weighted by molar-refractivity contribution is 5.89. The van der Waals surface area contributed by atoms with E-state index in [4.69, 9.17) is 5.11 Å². The number of carboxylic acids is 1. The summed E-state index contributed by atoms with van der Waals surface area (Å²) >= 11 is 0. The van der Waals surface area contributed by atoms with E-state index in [1.165, 1.54) is 12.1 Å². The van der Waals surface area contributed by atoms with Gasteiger partial charge in [-0.05, 0) is 61.7 Å². The lowest BCUT2D eigenvalue weighted by Gasteiger charge is -2.27. The fourth-order valence-corrected chi connectivity index (χ4v) is 3.32. The predicted octanol–water partition coefficient (Wildman–Crippen LogP) is 4.55. The van der Waals surface area contributed by atoms with Crippen LogP contribution in [-0.2, 0) is 6.54 Å². The van der Waals surface area contributed by atoms with Crippen LogP contribution in [-0.4, -0.2) is 38.7 Å². The Morgan fingerprint density at radius 1 is 1.07 bits per heavy atom. The molecule has 2 N–H and O–H groups in total. The largest absolute Gasteiger partial charge is 0.477 e. The molecular weight excluding hydrogens is 390 g/mol. The van der Waals surface area contributed by atoms with E-state index in [2.05, 4.69) is 9.88 Å². The van der Waals surface area contributed by atoms with E-state index in [-0.39, 0.29) is 11.7 Å². The second-order valence-electron chi connectivity index (χ2n) is 7.57. The fourth-order valence-electron chi connectivity index (χ4n) is 3.32. The van der Waals surface area contributed by atoms with Gasteiger partial charge in [-0.15, -0.1) is 0 Å². The number of aromatic nitrogens is 1. The lowest BCUT2D eigenvalue weighted by Crippen LogP contribution is -2.32. The molecule has 2 aromatic carbocycles. The molecule has 1 unspecified atom stereocenters. The van der Waals surface area contributed by atoms with E-state index in [0.717, 1.165) is 11.5 Å². The quantitative estimate of drug-likeness (QED) is 0.566. The number of carbonyl (C=O) groups is 1. The number of fused-ring (bicyclic) bond motifs is 1. The molecule has 5 nitrogen and oxygen atoms in total. The number of aromatic carboxylic acids is 1. The van der Waals surface area contributed by atoms with Crippen LogP contribution in [0.25, 0.3) is 10.9 Å². The maximum Gasteiger partial charge on any atom is 0.354 e. The molecule has 3 rings (SSSR count). The summed E-state index contributed by atoms with van der Waals surface area (Å²) in [7, 11) is 0. The van der Waals surface area contributed by atoms with Crippen molar-refractivity contribution in [2.24, 2.45) is 0 Å². The number of aliphatic hydroxyl groups excluding tert-OH is 1. The summed E-state index contributed by atoms with van der Waals surface area (Å²) < 4.78 is 26.6. The van der Waals surface area contributed by atoms with Crippen LogP contribution in [0.3, 0.4) is 0 Å². The van der Waals surface area contributed by atoms with Crippen molar-refractivity contribution in [2.45, 2.75) is 39.0 Å². The van der Waals surface area contributed by atoms with Crippen LogP contribution in [0.1, 0.15) is 48.0 Å². The summed E-state index contributed by atoms with van der Waals surface area (Å²) in [5.41, 5.74) is 1.90. The molecule has 0 aliphatic heterocycles. The summed E-state index contributed by atoms with van der Waals surface area (Å²) in [5, 5.41) is 20.4. The molecular formula is C23H24F2N2O3. The van der Waals surface area contributed by atoms with E-state index in [0.29, 0.717) is 36.2 Å².